The van der Waals surface area contributed by atoms with E-state index >= 15 is 0 Å². The molecule has 3 N–H and O–H groups in total. The molecule has 2 unspecified atom stereocenters. The molecule has 0 radical (unpaired) electrons. The van der Waals surface area contributed by atoms with Crippen molar-refractivity contribution in [3.8, 4) is 0 Å². The molecule has 0 aliphatic rings. The molecular weight excluding hydrogens is 1280 g/mol. The second kappa shape index (κ2) is 72.0. The zero-order chi connectivity index (χ0) is 71.9. The van der Waals surface area contributed by atoms with Crippen LogP contribution in [0, 0.1) is 5.92 Å². The van der Waals surface area contributed by atoms with Gasteiger partial charge in [-0.15, -0.1) is 0 Å². The molecule has 0 saturated carbocycles. The van der Waals surface area contributed by atoms with E-state index in [-0.39, 0.29) is 25.7 Å². The molecule has 0 spiro atoms. The van der Waals surface area contributed by atoms with E-state index in [1.165, 1.54) is 231 Å². The lowest BCUT2D eigenvalue weighted by molar-refractivity contribution is -0.161. The predicted octanol–water partition coefficient (Wildman–Crippen LogP) is 23.6. The van der Waals surface area contributed by atoms with Gasteiger partial charge in [-0.3, -0.25) is 37.3 Å². The molecule has 0 fully saturated rings. The number of rotatable bonds is 79. The van der Waals surface area contributed by atoms with Crippen LogP contribution >= 0.6 is 15.6 Å². The van der Waals surface area contributed by atoms with E-state index in [2.05, 4.69) is 34.6 Å². The van der Waals surface area contributed by atoms with E-state index in [1.807, 2.05) is 0 Å². The fraction of sp³-hybridized carbons (Fsp3) is 0.949. The minimum absolute atomic E-state index is 0.108. The zero-order valence-electron chi connectivity index (χ0n) is 63.9. The van der Waals surface area contributed by atoms with Gasteiger partial charge in [0.05, 0.1) is 26.4 Å². The Morgan fingerprint density at radius 3 is 0.694 bits per heavy atom. The summed E-state index contributed by atoms with van der Waals surface area (Å²) in [7, 11) is -9.91. The predicted molar refractivity (Wildman–Crippen MR) is 400 cm³/mol. The lowest BCUT2D eigenvalue weighted by Crippen LogP contribution is -2.30. The maximum absolute atomic E-state index is 13.1. The first kappa shape index (κ1) is 96.1. The largest absolute Gasteiger partial charge is 0.472 e. The van der Waals surface area contributed by atoms with Crippen molar-refractivity contribution >= 4 is 39.5 Å². The second-order valence-corrected chi connectivity index (χ2v) is 31.8. The summed E-state index contributed by atoms with van der Waals surface area (Å²) in [5.74, 6) is -1.31. The Morgan fingerprint density at radius 2 is 0.469 bits per heavy atom. The van der Waals surface area contributed by atoms with Gasteiger partial charge < -0.3 is 33.8 Å². The molecular formula is C79H154O17P2. The van der Waals surface area contributed by atoms with Gasteiger partial charge in [-0.05, 0) is 31.6 Å². The molecule has 5 atom stereocenters. The van der Waals surface area contributed by atoms with Gasteiger partial charge in [0, 0.05) is 25.7 Å². The fourth-order valence-corrected chi connectivity index (χ4v) is 13.8. The monoisotopic (exact) mass is 1440 g/mol. The molecule has 98 heavy (non-hydrogen) atoms. The number of esters is 4. The summed E-state index contributed by atoms with van der Waals surface area (Å²) >= 11 is 0. The highest BCUT2D eigenvalue weighted by Crippen LogP contribution is 2.45. The minimum Gasteiger partial charge on any atom is -0.462 e. The summed E-state index contributed by atoms with van der Waals surface area (Å²) in [5, 5.41) is 10.6. The van der Waals surface area contributed by atoms with E-state index in [9.17, 15) is 43.2 Å². The van der Waals surface area contributed by atoms with Crippen molar-refractivity contribution in [2.45, 2.75) is 438 Å². The van der Waals surface area contributed by atoms with Gasteiger partial charge in [0.15, 0.2) is 12.2 Å². The maximum atomic E-state index is 13.1. The Balaban J connectivity index is 5.17. The number of phosphoric acid groups is 2. The van der Waals surface area contributed by atoms with E-state index in [4.69, 9.17) is 37.0 Å². The van der Waals surface area contributed by atoms with Crippen LogP contribution in [-0.4, -0.2) is 96.7 Å². The summed E-state index contributed by atoms with van der Waals surface area (Å²) in [6, 6.07) is 0. The molecule has 0 aromatic carbocycles. The molecule has 0 saturated heterocycles. The number of aliphatic hydroxyl groups excluding tert-OH is 1. The smallest absolute Gasteiger partial charge is 0.462 e. The Bertz CT molecular complexity index is 1870. The summed E-state index contributed by atoms with van der Waals surface area (Å²) in [5.41, 5.74) is 0. The van der Waals surface area contributed by atoms with Crippen LogP contribution in [0.4, 0.5) is 0 Å². The molecule has 0 amide bonds. The Morgan fingerprint density at radius 1 is 0.276 bits per heavy atom. The normalized spacial score (nSPS) is 13.9. The summed E-state index contributed by atoms with van der Waals surface area (Å²) in [6.07, 6.45) is 62.6. The average Bonchev–Trinajstić information content (AvgIpc) is 1.01. The van der Waals surface area contributed by atoms with Gasteiger partial charge in [0.1, 0.15) is 19.3 Å². The van der Waals surface area contributed by atoms with Gasteiger partial charge in [-0.2, -0.15) is 0 Å². The molecule has 0 aromatic rings. The first-order valence-electron chi connectivity index (χ1n) is 41.1. The van der Waals surface area contributed by atoms with Crippen LogP contribution in [-0.2, 0) is 65.4 Å². The van der Waals surface area contributed by atoms with Crippen LogP contribution in [0.15, 0.2) is 0 Å². The first-order valence-corrected chi connectivity index (χ1v) is 44.1. The van der Waals surface area contributed by atoms with E-state index < -0.39 is 97.5 Å². The van der Waals surface area contributed by atoms with Crippen LogP contribution in [0.3, 0.4) is 0 Å². The van der Waals surface area contributed by atoms with Gasteiger partial charge in [0.2, 0.25) is 0 Å². The van der Waals surface area contributed by atoms with Crippen molar-refractivity contribution in [3.05, 3.63) is 0 Å². The van der Waals surface area contributed by atoms with Gasteiger partial charge >= 0.3 is 39.5 Å². The number of hydrogen-bond acceptors (Lipinski definition) is 15. The van der Waals surface area contributed by atoms with Gasteiger partial charge in [-0.25, -0.2) is 9.13 Å². The molecule has 0 aliphatic heterocycles. The Labute approximate surface area is 600 Å². The highest BCUT2D eigenvalue weighted by atomic mass is 31.2. The molecule has 0 aromatic heterocycles. The SMILES string of the molecule is CCCCCCCCCCCCCCCCCCCCCCC(=O)O[C@H](COC(=O)CCCCCCCCCCCCCCCCCC(C)C)COP(=O)(O)OC[C@@H](O)COP(=O)(O)OC[C@@H](COC(=O)CCCCCCCCC)OC(=O)CCCCCCCCCCCCCCC. The fourth-order valence-electron chi connectivity index (χ4n) is 12.2. The van der Waals surface area contributed by atoms with Crippen molar-refractivity contribution < 1.29 is 80.2 Å². The summed E-state index contributed by atoms with van der Waals surface area (Å²) in [6.45, 7) is 7.30. The number of aliphatic hydroxyl groups is 1. The summed E-state index contributed by atoms with van der Waals surface area (Å²) < 4.78 is 68.5. The quantitative estimate of drug-likeness (QED) is 0.0222. The average molecular weight is 1440 g/mol. The van der Waals surface area contributed by atoms with Gasteiger partial charge in [-0.1, -0.05) is 369 Å². The molecule has 0 rings (SSSR count). The van der Waals surface area contributed by atoms with Crippen LogP contribution < -0.4 is 0 Å². The number of phosphoric ester groups is 2. The highest BCUT2D eigenvalue weighted by Gasteiger charge is 2.30. The van der Waals surface area contributed by atoms with E-state index in [1.54, 1.807) is 0 Å². The number of hydrogen-bond donors (Lipinski definition) is 3. The highest BCUT2D eigenvalue weighted by molar-refractivity contribution is 7.47. The van der Waals surface area contributed by atoms with E-state index in [0.717, 1.165) is 109 Å². The van der Waals surface area contributed by atoms with E-state index in [0.29, 0.717) is 25.7 Å². The van der Waals surface area contributed by atoms with Gasteiger partial charge in [0.25, 0.3) is 0 Å². The van der Waals surface area contributed by atoms with Crippen molar-refractivity contribution in [2.24, 2.45) is 5.92 Å². The number of carbonyl (C=O) groups is 4. The number of carbonyl (C=O) groups excluding carboxylic acids is 4. The van der Waals surface area contributed by atoms with Crippen molar-refractivity contribution in [1.29, 1.82) is 0 Å². The number of unbranched alkanes of at least 4 members (excludes halogenated alkanes) is 51. The standard InChI is InChI=1S/C79H154O17P2/c1-6-9-12-15-18-20-22-24-25-26-27-28-29-32-37-41-45-50-55-60-65-79(84)96-75(69-90-77(82)63-58-53-48-43-39-36-33-30-31-35-38-42-47-51-56-61-72(4)5)71-94-98(87,88)92-67-73(80)66-91-97(85,86)93-70-74(68-89-76(81)62-57-52-46-17-14-11-8-3)95-78(83)64-59-54-49-44-40-34-23-21-19-16-13-10-7-2/h72-75,80H,6-71H2,1-5H3,(H,85,86)(H,87,88)/t73-,74+,75+/m0/s1. The third kappa shape index (κ3) is 72.4. The zero-order valence-corrected chi connectivity index (χ0v) is 65.7. The lowest BCUT2D eigenvalue weighted by Gasteiger charge is -2.21. The third-order valence-electron chi connectivity index (χ3n) is 18.5. The van der Waals surface area contributed by atoms with Crippen LogP contribution in [0.5, 0.6) is 0 Å². The minimum atomic E-state index is -4.96. The third-order valence-corrected chi connectivity index (χ3v) is 20.4. The molecule has 19 heteroatoms. The second-order valence-electron chi connectivity index (χ2n) is 28.9. The Kier molecular flexibility index (Phi) is 70.6. The first-order chi connectivity index (χ1) is 47.5. The van der Waals surface area contributed by atoms with Crippen LogP contribution in [0.25, 0.3) is 0 Å². The molecule has 0 bridgehead atoms. The molecule has 17 nitrogen and oxygen atoms in total. The van der Waals surface area contributed by atoms with Crippen molar-refractivity contribution in [3.63, 3.8) is 0 Å². The van der Waals surface area contributed by atoms with Crippen LogP contribution in [0.1, 0.15) is 420 Å². The lowest BCUT2D eigenvalue weighted by atomic mass is 10.0. The van der Waals surface area contributed by atoms with Crippen molar-refractivity contribution in [2.75, 3.05) is 39.6 Å². The Hall–Kier alpha value is -1.94. The van der Waals surface area contributed by atoms with Crippen molar-refractivity contribution in [1.82, 2.24) is 0 Å². The molecule has 0 aliphatic carbocycles. The molecule has 0 heterocycles. The molecule has 582 valence electrons. The number of ether oxygens (including phenoxy) is 4. The van der Waals surface area contributed by atoms with Crippen LogP contribution in [0.2, 0.25) is 0 Å². The maximum Gasteiger partial charge on any atom is 0.472 e. The topological polar surface area (TPSA) is 237 Å². The summed E-state index contributed by atoms with van der Waals surface area (Å²) in [4.78, 5) is 72.8.